The van der Waals surface area contributed by atoms with Crippen molar-refractivity contribution in [3.63, 3.8) is 0 Å². The number of benzene rings is 2. The third-order valence-corrected chi connectivity index (χ3v) is 4.65. The van der Waals surface area contributed by atoms with Gasteiger partial charge in [-0.1, -0.05) is 24.3 Å². The summed E-state index contributed by atoms with van der Waals surface area (Å²) in [5.74, 6) is -0.360. The molecule has 4 rings (SSSR count). The number of amides is 1. The molecular weight excluding hydrogens is 300 g/mol. The minimum Gasteiger partial charge on any atom is -0.343 e. The molecule has 24 heavy (non-hydrogen) atoms. The number of hydrogen-bond donors (Lipinski definition) is 1. The van der Waals surface area contributed by atoms with E-state index in [2.05, 4.69) is 16.8 Å². The van der Waals surface area contributed by atoms with E-state index < -0.39 is 0 Å². The lowest BCUT2D eigenvalue weighted by molar-refractivity contribution is 0.102. The largest absolute Gasteiger partial charge is 0.343 e. The Bertz CT molecular complexity index is 1030. The van der Waals surface area contributed by atoms with Crippen LogP contribution in [-0.2, 0) is 6.42 Å². The highest BCUT2D eigenvalue weighted by atomic mass is 16.2. The Kier molecular flexibility index (Phi) is 3.27. The van der Waals surface area contributed by atoms with Gasteiger partial charge in [-0.3, -0.25) is 9.59 Å². The summed E-state index contributed by atoms with van der Waals surface area (Å²) in [6.45, 7) is 4.07. The first kappa shape index (κ1) is 14.7. The quantitative estimate of drug-likeness (QED) is 0.783. The molecule has 4 nitrogen and oxygen atoms in total. The van der Waals surface area contributed by atoms with Crippen molar-refractivity contribution in [3.8, 4) is 0 Å². The van der Waals surface area contributed by atoms with Crippen molar-refractivity contribution in [3.05, 3.63) is 75.6 Å². The van der Waals surface area contributed by atoms with Gasteiger partial charge in [0.2, 0.25) is 5.43 Å². The van der Waals surface area contributed by atoms with Crippen molar-refractivity contribution >= 4 is 22.5 Å². The number of carbonyl (C=O) groups excluding carboxylic acids is 1. The molecule has 3 aromatic rings. The number of rotatable bonds is 2. The number of aromatic nitrogens is 1. The molecule has 0 bridgehead atoms. The first-order valence-corrected chi connectivity index (χ1v) is 8.09. The molecule has 4 heteroatoms. The number of nitrogens with one attached hydrogen (secondary N) is 1. The van der Waals surface area contributed by atoms with Crippen LogP contribution in [-0.4, -0.2) is 10.5 Å². The van der Waals surface area contributed by atoms with E-state index in [1.807, 2.05) is 43.3 Å². The fourth-order valence-corrected chi connectivity index (χ4v) is 3.50. The summed E-state index contributed by atoms with van der Waals surface area (Å²) >= 11 is 0. The predicted molar refractivity (Wildman–Crippen MR) is 95.8 cm³/mol. The minimum atomic E-state index is -0.360. The maximum absolute atomic E-state index is 12.8. The molecule has 1 aliphatic heterocycles. The van der Waals surface area contributed by atoms with Crippen molar-refractivity contribution in [2.45, 2.75) is 26.3 Å². The highest BCUT2D eigenvalue weighted by molar-refractivity contribution is 6.06. The van der Waals surface area contributed by atoms with Gasteiger partial charge in [0.25, 0.3) is 5.91 Å². The molecule has 2 heterocycles. The first-order valence-electron chi connectivity index (χ1n) is 8.09. The Hall–Kier alpha value is -2.88. The second kappa shape index (κ2) is 5.34. The number of aryl methyl sites for hydroxylation is 1. The average molecular weight is 318 g/mol. The molecular formula is C20H18N2O2. The standard InChI is InChI=1S/C20H18N2O2/c1-12-5-3-7-15(9-12)21-20(24)17-11-22-13(2)10-14-6-4-8-16(18(14)22)19(17)23/h3-9,11,13H,10H2,1-2H3,(H,21,24)/t13-/m1/s1. The molecule has 1 atom stereocenters. The fraction of sp³-hybridized carbons (Fsp3) is 0.200. The van der Waals surface area contributed by atoms with E-state index in [0.717, 1.165) is 17.5 Å². The fourth-order valence-electron chi connectivity index (χ4n) is 3.50. The molecule has 0 saturated carbocycles. The van der Waals surface area contributed by atoms with Crippen molar-refractivity contribution < 1.29 is 4.79 Å². The van der Waals surface area contributed by atoms with Crippen LogP contribution in [0.15, 0.2) is 53.5 Å². The average Bonchev–Trinajstić information content (AvgIpc) is 2.87. The Balaban J connectivity index is 1.82. The maximum atomic E-state index is 12.8. The van der Waals surface area contributed by atoms with Gasteiger partial charge < -0.3 is 9.88 Å². The second-order valence-electron chi connectivity index (χ2n) is 6.47. The third kappa shape index (κ3) is 2.22. The van der Waals surface area contributed by atoms with Crippen LogP contribution in [0.25, 0.3) is 10.9 Å². The lowest BCUT2D eigenvalue weighted by Gasteiger charge is -2.13. The van der Waals surface area contributed by atoms with Gasteiger partial charge in [0.1, 0.15) is 5.56 Å². The number of para-hydroxylation sites is 1. The summed E-state index contributed by atoms with van der Waals surface area (Å²) in [5, 5.41) is 3.45. The smallest absolute Gasteiger partial charge is 0.261 e. The molecule has 1 N–H and O–H groups in total. The molecule has 0 unspecified atom stereocenters. The highest BCUT2D eigenvalue weighted by Gasteiger charge is 2.24. The summed E-state index contributed by atoms with van der Waals surface area (Å²) < 4.78 is 2.05. The molecule has 1 amide bonds. The molecule has 0 fully saturated rings. The zero-order valence-electron chi connectivity index (χ0n) is 13.7. The van der Waals surface area contributed by atoms with Gasteiger partial charge in [-0.05, 0) is 49.6 Å². The van der Waals surface area contributed by atoms with Gasteiger partial charge in [0, 0.05) is 23.3 Å². The third-order valence-electron chi connectivity index (χ3n) is 4.65. The van der Waals surface area contributed by atoms with Gasteiger partial charge in [-0.15, -0.1) is 0 Å². The Labute approximate surface area is 139 Å². The maximum Gasteiger partial charge on any atom is 0.261 e. The van der Waals surface area contributed by atoms with Crippen LogP contribution in [0.3, 0.4) is 0 Å². The summed E-state index contributed by atoms with van der Waals surface area (Å²) in [7, 11) is 0. The number of pyridine rings is 1. The SMILES string of the molecule is Cc1cccc(NC(=O)c2cn3c4c(cccc4c2=O)C[C@H]3C)c1. The van der Waals surface area contributed by atoms with Crippen LogP contribution >= 0.6 is 0 Å². The second-order valence-corrected chi connectivity index (χ2v) is 6.47. The van der Waals surface area contributed by atoms with Crippen molar-refractivity contribution in [1.29, 1.82) is 0 Å². The van der Waals surface area contributed by atoms with Crippen LogP contribution in [0.4, 0.5) is 5.69 Å². The van der Waals surface area contributed by atoms with E-state index in [-0.39, 0.29) is 22.9 Å². The molecule has 0 aliphatic carbocycles. The van der Waals surface area contributed by atoms with Gasteiger partial charge in [-0.25, -0.2) is 0 Å². The molecule has 0 radical (unpaired) electrons. The van der Waals surface area contributed by atoms with Gasteiger partial charge in [-0.2, -0.15) is 0 Å². The molecule has 0 spiro atoms. The van der Waals surface area contributed by atoms with E-state index in [0.29, 0.717) is 11.1 Å². The molecule has 0 saturated heterocycles. The molecule has 120 valence electrons. The monoisotopic (exact) mass is 318 g/mol. The Morgan fingerprint density at radius 2 is 2.00 bits per heavy atom. The van der Waals surface area contributed by atoms with Gasteiger partial charge in [0.05, 0.1) is 5.52 Å². The van der Waals surface area contributed by atoms with Gasteiger partial charge in [0.15, 0.2) is 0 Å². The predicted octanol–water partition coefficient (Wildman–Crippen LogP) is 3.68. The van der Waals surface area contributed by atoms with Crippen LogP contribution in [0.2, 0.25) is 0 Å². The first-order chi connectivity index (χ1) is 11.5. The van der Waals surface area contributed by atoms with Crippen LogP contribution < -0.4 is 10.7 Å². The number of anilines is 1. The Morgan fingerprint density at radius 1 is 1.21 bits per heavy atom. The van der Waals surface area contributed by atoms with E-state index in [9.17, 15) is 9.59 Å². The van der Waals surface area contributed by atoms with E-state index >= 15 is 0 Å². The van der Waals surface area contributed by atoms with Crippen LogP contribution in [0.5, 0.6) is 0 Å². The summed E-state index contributed by atoms with van der Waals surface area (Å²) in [4.78, 5) is 25.4. The van der Waals surface area contributed by atoms with Crippen molar-refractivity contribution in [2.75, 3.05) is 5.32 Å². The lowest BCUT2D eigenvalue weighted by atomic mass is 10.1. The number of carbonyl (C=O) groups is 1. The topological polar surface area (TPSA) is 51.1 Å². The minimum absolute atomic E-state index is 0.190. The molecule has 1 aromatic heterocycles. The normalized spacial score (nSPS) is 15.7. The van der Waals surface area contributed by atoms with E-state index in [1.165, 1.54) is 5.56 Å². The molecule has 1 aliphatic rings. The number of hydrogen-bond acceptors (Lipinski definition) is 2. The van der Waals surface area contributed by atoms with E-state index in [1.54, 1.807) is 12.3 Å². The zero-order chi connectivity index (χ0) is 16.8. The zero-order valence-corrected chi connectivity index (χ0v) is 13.7. The van der Waals surface area contributed by atoms with Crippen molar-refractivity contribution in [1.82, 2.24) is 4.57 Å². The van der Waals surface area contributed by atoms with Crippen molar-refractivity contribution in [2.24, 2.45) is 0 Å². The van der Waals surface area contributed by atoms with Crippen LogP contribution in [0, 0.1) is 6.92 Å². The molecule has 2 aromatic carbocycles. The van der Waals surface area contributed by atoms with Crippen LogP contribution in [0.1, 0.15) is 34.5 Å². The number of nitrogens with zero attached hydrogens (tertiary/aromatic N) is 1. The summed E-state index contributed by atoms with van der Waals surface area (Å²) in [5.41, 5.74) is 3.87. The van der Waals surface area contributed by atoms with E-state index in [4.69, 9.17) is 0 Å². The summed E-state index contributed by atoms with van der Waals surface area (Å²) in [6.07, 6.45) is 2.59. The Morgan fingerprint density at radius 3 is 2.79 bits per heavy atom. The summed E-state index contributed by atoms with van der Waals surface area (Å²) in [6, 6.07) is 13.5. The highest BCUT2D eigenvalue weighted by Crippen LogP contribution is 2.30. The lowest BCUT2D eigenvalue weighted by Crippen LogP contribution is -2.23. The van der Waals surface area contributed by atoms with Gasteiger partial charge >= 0.3 is 0 Å².